The van der Waals surface area contributed by atoms with Crippen molar-refractivity contribution in [1.82, 2.24) is 15.5 Å². The van der Waals surface area contributed by atoms with Crippen molar-refractivity contribution in [1.29, 1.82) is 0 Å². The maximum absolute atomic E-state index is 12.7. The predicted octanol–water partition coefficient (Wildman–Crippen LogP) is 6.89. The molecule has 7 heteroatoms. The number of rotatable bonds is 22. The van der Waals surface area contributed by atoms with E-state index in [0.717, 1.165) is 38.8 Å². The normalized spacial score (nSPS) is 15.6. The Bertz CT molecular complexity index is 533. The van der Waals surface area contributed by atoms with Gasteiger partial charge in [0, 0.05) is 38.6 Å². The quantitative estimate of drug-likeness (QED) is 0.138. The second kappa shape index (κ2) is 23.9. The predicted molar refractivity (Wildman–Crippen MR) is 150 cm³/mol. The molecule has 1 rings (SSSR count). The Labute approximate surface area is 222 Å². The second-order valence-corrected chi connectivity index (χ2v) is 10.5. The van der Waals surface area contributed by atoms with E-state index < -0.39 is 6.09 Å². The highest BCUT2D eigenvalue weighted by molar-refractivity contribution is 5.74. The maximum atomic E-state index is 12.7. The van der Waals surface area contributed by atoms with Crippen LogP contribution in [0.2, 0.25) is 0 Å². The van der Waals surface area contributed by atoms with E-state index in [1.54, 1.807) is 0 Å². The third-order valence-corrected chi connectivity index (χ3v) is 7.29. The summed E-state index contributed by atoms with van der Waals surface area (Å²) in [5.74, 6) is 0. The Morgan fingerprint density at radius 3 is 1.89 bits per heavy atom. The second-order valence-electron chi connectivity index (χ2n) is 10.5. The first-order valence-corrected chi connectivity index (χ1v) is 15.3. The number of carbonyl (C=O) groups is 2. The minimum absolute atomic E-state index is 0.0354. The van der Waals surface area contributed by atoms with Crippen LogP contribution in [0, 0.1) is 0 Å². The number of piperidine rings is 1. The van der Waals surface area contributed by atoms with E-state index in [9.17, 15) is 9.59 Å². The summed E-state index contributed by atoms with van der Waals surface area (Å²) in [6, 6.07) is 0.181. The van der Waals surface area contributed by atoms with Crippen molar-refractivity contribution in [3.63, 3.8) is 0 Å². The molecule has 3 amide bonds. The molecule has 7 nitrogen and oxygen atoms in total. The van der Waals surface area contributed by atoms with Crippen LogP contribution in [0.4, 0.5) is 9.59 Å². The molecule has 1 unspecified atom stereocenters. The Balaban J connectivity index is 1.95. The third kappa shape index (κ3) is 17.9. The number of urea groups is 1. The van der Waals surface area contributed by atoms with Crippen LogP contribution in [-0.2, 0) is 4.74 Å². The van der Waals surface area contributed by atoms with Crippen LogP contribution in [0.25, 0.3) is 0 Å². The number of amides is 3. The number of nitrogens with zero attached hydrogens (tertiary/aromatic N) is 1. The molecular formula is C29H58N4O3. The van der Waals surface area contributed by atoms with Crippen LogP contribution in [0.1, 0.15) is 135 Å². The lowest BCUT2D eigenvalue weighted by Crippen LogP contribution is -2.49. The molecule has 1 saturated heterocycles. The molecule has 0 aromatic heterocycles. The fraction of sp³-hybridized carbons (Fsp3) is 0.931. The van der Waals surface area contributed by atoms with Gasteiger partial charge >= 0.3 is 12.1 Å². The third-order valence-electron chi connectivity index (χ3n) is 7.29. The molecule has 0 aliphatic carbocycles. The summed E-state index contributed by atoms with van der Waals surface area (Å²) < 4.78 is 5.21. The Hall–Kier alpha value is -1.50. The van der Waals surface area contributed by atoms with Gasteiger partial charge in [0.05, 0.1) is 6.61 Å². The van der Waals surface area contributed by atoms with E-state index in [4.69, 9.17) is 10.5 Å². The molecule has 1 aliphatic rings. The van der Waals surface area contributed by atoms with E-state index in [0.29, 0.717) is 26.1 Å². The van der Waals surface area contributed by atoms with Crippen LogP contribution < -0.4 is 16.4 Å². The SMILES string of the molecule is CCCCCCCCCCCCCCCCCCNC(=O)N1CCCCC1CCOC(=O)NCCN. The number of unbranched alkanes of at least 4 members (excludes halogenated alkanes) is 15. The van der Waals surface area contributed by atoms with Gasteiger partial charge < -0.3 is 26.0 Å². The van der Waals surface area contributed by atoms with Gasteiger partial charge in [0.15, 0.2) is 0 Å². The monoisotopic (exact) mass is 510 g/mol. The fourth-order valence-corrected chi connectivity index (χ4v) is 5.05. The van der Waals surface area contributed by atoms with Gasteiger partial charge in [-0.2, -0.15) is 0 Å². The van der Waals surface area contributed by atoms with Crippen molar-refractivity contribution in [2.24, 2.45) is 5.73 Å². The largest absolute Gasteiger partial charge is 0.449 e. The zero-order valence-corrected chi connectivity index (χ0v) is 23.5. The van der Waals surface area contributed by atoms with Crippen molar-refractivity contribution in [3.8, 4) is 0 Å². The van der Waals surface area contributed by atoms with Crippen LogP contribution >= 0.6 is 0 Å². The average molecular weight is 511 g/mol. The zero-order valence-electron chi connectivity index (χ0n) is 23.5. The molecule has 0 saturated carbocycles. The van der Waals surface area contributed by atoms with Gasteiger partial charge in [-0.05, 0) is 25.7 Å². The lowest BCUT2D eigenvalue weighted by molar-refractivity contribution is 0.112. The highest BCUT2D eigenvalue weighted by Gasteiger charge is 2.26. The van der Waals surface area contributed by atoms with E-state index in [2.05, 4.69) is 17.6 Å². The van der Waals surface area contributed by atoms with Gasteiger partial charge in [0.1, 0.15) is 0 Å². The van der Waals surface area contributed by atoms with Crippen LogP contribution in [0.5, 0.6) is 0 Å². The molecule has 1 atom stereocenters. The highest BCUT2D eigenvalue weighted by Crippen LogP contribution is 2.20. The Morgan fingerprint density at radius 2 is 1.33 bits per heavy atom. The van der Waals surface area contributed by atoms with Gasteiger partial charge in [-0.1, -0.05) is 103 Å². The van der Waals surface area contributed by atoms with Gasteiger partial charge in [-0.25, -0.2) is 9.59 Å². The number of hydrogen-bond acceptors (Lipinski definition) is 4. The van der Waals surface area contributed by atoms with Gasteiger partial charge in [-0.15, -0.1) is 0 Å². The molecule has 0 aromatic carbocycles. The van der Waals surface area contributed by atoms with Crippen LogP contribution in [0.15, 0.2) is 0 Å². The highest BCUT2D eigenvalue weighted by atomic mass is 16.5. The van der Waals surface area contributed by atoms with Crippen LogP contribution in [-0.4, -0.2) is 55.9 Å². The number of nitrogens with two attached hydrogens (primary N) is 1. The summed E-state index contributed by atoms with van der Waals surface area (Å²) in [6.07, 6.45) is 25.1. The summed E-state index contributed by atoms with van der Waals surface area (Å²) in [6.45, 7) is 4.95. The van der Waals surface area contributed by atoms with Crippen molar-refractivity contribution >= 4 is 12.1 Å². The first kappa shape index (κ1) is 32.5. The molecule has 36 heavy (non-hydrogen) atoms. The number of likely N-dealkylation sites (tertiary alicyclic amines) is 1. The fourth-order valence-electron chi connectivity index (χ4n) is 5.05. The summed E-state index contributed by atoms with van der Waals surface area (Å²) in [5, 5.41) is 5.71. The lowest BCUT2D eigenvalue weighted by atomic mass is 10.00. The number of nitrogens with one attached hydrogen (secondary N) is 2. The number of carbonyl (C=O) groups excluding carboxylic acids is 2. The summed E-state index contributed by atoms with van der Waals surface area (Å²) in [4.78, 5) is 26.2. The van der Waals surface area contributed by atoms with E-state index in [1.165, 1.54) is 96.3 Å². The van der Waals surface area contributed by atoms with Crippen molar-refractivity contribution < 1.29 is 14.3 Å². The summed E-state index contributed by atoms with van der Waals surface area (Å²) >= 11 is 0. The molecule has 1 heterocycles. The van der Waals surface area contributed by atoms with E-state index in [-0.39, 0.29) is 12.1 Å². The summed E-state index contributed by atoms with van der Waals surface area (Å²) in [7, 11) is 0. The van der Waals surface area contributed by atoms with E-state index in [1.807, 2.05) is 4.90 Å². The Morgan fingerprint density at radius 1 is 0.778 bits per heavy atom. The minimum Gasteiger partial charge on any atom is -0.449 e. The zero-order chi connectivity index (χ0) is 26.1. The number of hydrogen-bond donors (Lipinski definition) is 3. The standard InChI is InChI=1S/C29H58N4O3/c1-2-3-4-5-6-7-8-9-10-11-12-13-14-15-16-18-23-31-28(34)33-25-19-17-20-27(33)21-26-36-29(35)32-24-22-30/h27H,2-26,30H2,1H3,(H,31,34)(H,32,35). The molecule has 0 bridgehead atoms. The van der Waals surface area contributed by atoms with Crippen molar-refractivity contribution in [3.05, 3.63) is 0 Å². The first-order valence-electron chi connectivity index (χ1n) is 15.3. The average Bonchev–Trinajstić information content (AvgIpc) is 2.89. The maximum Gasteiger partial charge on any atom is 0.407 e. The minimum atomic E-state index is -0.434. The topological polar surface area (TPSA) is 96.7 Å². The molecule has 1 fully saturated rings. The smallest absolute Gasteiger partial charge is 0.407 e. The molecule has 0 radical (unpaired) electrons. The first-order chi connectivity index (χ1) is 17.7. The van der Waals surface area contributed by atoms with Crippen LogP contribution in [0.3, 0.4) is 0 Å². The van der Waals surface area contributed by atoms with Crippen molar-refractivity contribution in [2.45, 2.75) is 141 Å². The molecule has 212 valence electrons. The number of ether oxygens (including phenoxy) is 1. The summed E-state index contributed by atoms with van der Waals surface area (Å²) in [5.41, 5.74) is 5.37. The van der Waals surface area contributed by atoms with Gasteiger partial charge in [0.25, 0.3) is 0 Å². The molecule has 0 spiro atoms. The van der Waals surface area contributed by atoms with Gasteiger partial charge in [-0.3, -0.25) is 0 Å². The van der Waals surface area contributed by atoms with Gasteiger partial charge in [0.2, 0.25) is 0 Å². The molecule has 4 N–H and O–H groups in total. The number of alkyl carbamates (subject to hydrolysis) is 1. The Kier molecular flexibility index (Phi) is 21.6. The molecule has 0 aromatic rings. The van der Waals surface area contributed by atoms with E-state index >= 15 is 0 Å². The lowest BCUT2D eigenvalue weighted by Gasteiger charge is -2.35. The molecular weight excluding hydrogens is 452 g/mol. The van der Waals surface area contributed by atoms with Crippen molar-refractivity contribution in [2.75, 3.05) is 32.8 Å². The molecule has 1 aliphatic heterocycles.